The summed E-state index contributed by atoms with van der Waals surface area (Å²) in [7, 11) is 0.687. The molecule has 0 spiro atoms. The number of nitrogens with one attached hydrogen (secondary N) is 2. The monoisotopic (exact) mass is 460 g/mol. The Morgan fingerprint density at radius 2 is 1.72 bits per heavy atom. The topological polar surface area (TPSA) is 91.0 Å². The summed E-state index contributed by atoms with van der Waals surface area (Å²) in [4.78, 5) is 14.3. The quantitative estimate of drug-likeness (QED) is 0.596. The van der Waals surface area contributed by atoms with E-state index in [1.54, 1.807) is 0 Å². The summed E-state index contributed by atoms with van der Waals surface area (Å²) in [5, 5.41) is 5.47. The number of ether oxygens (including phenoxy) is 1. The van der Waals surface area contributed by atoms with E-state index in [4.69, 9.17) is 4.74 Å². The van der Waals surface area contributed by atoms with E-state index in [2.05, 4.69) is 39.8 Å². The molecule has 3 rings (SSSR count). The van der Waals surface area contributed by atoms with Crippen LogP contribution in [0, 0.1) is 0 Å². The maximum atomic E-state index is 12.3. The Kier molecular flexibility index (Phi) is 8.63. The van der Waals surface area contributed by atoms with Crippen molar-refractivity contribution >= 4 is 16.1 Å². The van der Waals surface area contributed by atoms with Crippen LogP contribution < -0.4 is 10.6 Å². The lowest BCUT2D eigenvalue weighted by Gasteiger charge is -2.26. The van der Waals surface area contributed by atoms with Crippen molar-refractivity contribution in [1.82, 2.24) is 19.8 Å². The third kappa shape index (κ3) is 7.03. The highest BCUT2D eigenvalue weighted by atomic mass is 32.2. The predicted octanol–water partition coefficient (Wildman–Crippen LogP) is 1.88. The standard InChI is InChI=1S/C23H32N4O4S/c1-26(2)18-19-7-9-20(10-8-19)22-6-4-3-5-21(22)17-25-23(28)24-11-16-32(29,30)27-12-14-31-15-13-27/h3-10H,11-18H2,1-2H3,(H2,24,25,28). The SMILES string of the molecule is CN(C)Cc1ccc(-c2ccccc2CNC(=O)NCCS(=O)(=O)N2CCOCC2)cc1. The molecule has 1 aliphatic rings. The number of urea groups is 1. The lowest BCUT2D eigenvalue weighted by molar-refractivity contribution is 0.0730. The molecule has 0 atom stereocenters. The van der Waals surface area contributed by atoms with Crippen LogP contribution in [0.1, 0.15) is 11.1 Å². The minimum absolute atomic E-state index is 0.0561. The van der Waals surface area contributed by atoms with E-state index in [1.165, 1.54) is 9.87 Å². The second-order valence-corrected chi connectivity index (χ2v) is 10.1. The van der Waals surface area contributed by atoms with E-state index in [-0.39, 0.29) is 12.3 Å². The first-order chi connectivity index (χ1) is 15.3. The fourth-order valence-electron chi connectivity index (χ4n) is 3.60. The van der Waals surface area contributed by atoms with E-state index < -0.39 is 16.1 Å². The molecule has 2 N–H and O–H groups in total. The first-order valence-electron chi connectivity index (χ1n) is 10.7. The van der Waals surface area contributed by atoms with Gasteiger partial charge in [-0.25, -0.2) is 13.2 Å². The molecule has 0 unspecified atom stereocenters. The van der Waals surface area contributed by atoms with Crippen LogP contribution in [0.2, 0.25) is 0 Å². The minimum atomic E-state index is -3.39. The lowest BCUT2D eigenvalue weighted by atomic mass is 9.98. The Morgan fingerprint density at radius 3 is 2.41 bits per heavy atom. The number of sulfonamides is 1. The van der Waals surface area contributed by atoms with Crippen LogP contribution in [0.4, 0.5) is 4.79 Å². The van der Waals surface area contributed by atoms with Gasteiger partial charge in [0.15, 0.2) is 0 Å². The minimum Gasteiger partial charge on any atom is -0.379 e. The van der Waals surface area contributed by atoms with Crippen molar-refractivity contribution in [3.63, 3.8) is 0 Å². The van der Waals surface area contributed by atoms with Gasteiger partial charge in [-0.05, 0) is 36.3 Å². The molecule has 32 heavy (non-hydrogen) atoms. The summed E-state index contributed by atoms with van der Waals surface area (Å²) in [5.74, 6) is -0.129. The van der Waals surface area contributed by atoms with Gasteiger partial charge in [0.25, 0.3) is 0 Å². The van der Waals surface area contributed by atoms with Gasteiger partial charge < -0.3 is 20.3 Å². The van der Waals surface area contributed by atoms with Gasteiger partial charge in [-0.1, -0.05) is 48.5 Å². The third-order valence-corrected chi connectivity index (χ3v) is 7.10. The molecular formula is C23H32N4O4S. The molecular weight excluding hydrogens is 428 g/mol. The van der Waals surface area contributed by atoms with Crippen molar-refractivity contribution in [2.45, 2.75) is 13.1 Å². The molecule has 1 aliphatic heterocycles. The molecule has 0 radical (unpaired) electrons. The molecule has 2 aromatic carbocycles. The third-order valence-electron chi connectivity index (χ3n) is 5.23. The summed E-state index contributed by atoms with van der Waals surface area (Å²) in [6, 6.07) is 15.9. The Labute approximate surface area is 190 Å². The average Bonchev–Trinajstić information content (AvgIpc) is 2.78. The zero-order valence-corrected chi connectivity index (χ0v) is 19.5. The number of morpholine rings is 1. The first kappa shape index (κ1) is 24.2. The largest absolute Gasteiger partial charge is 0.379 e. The number of amides is 2. The van der Waals surface area contributed by atoms with Crippen molar-refractivity contribution in [2.24, 2.45) is 0 Å². The second kappa shape index (κ2) is 11.4. The molecule has 0 aromatic heterocycles. The van der Waals surface area contributed by atoms with E-state index in [9.17, 15) is 13.2 Å². The number of hydrogen-bond acceptors (Lipinski definition) is 5. The maximum absolute atomic E-state index is 12.3. The molecule has 174 valence electrons. The second-order valence-electron chi connectivity index (χ2n) is 8.03. The molecule has 0 aliphatic carbocycles. The van der Waals surface area contributed by atoms with Crippen molar-refractivity contribution < 1.29 is 17.9 Å². The van der Waals surface area contributed by atoms with Crippen LogP contribution in [-0.2, 0) is 27.8 Å². The fraction of sp³-hybridized carbons (Fsp3) is 0.435. The van der Waals surface area contributed by atoms with Crippen LogP contribution in [0.5, 0.6) is 0 Å². The predicted molar refractivity (Wildman–Crippen MR) is 126 cm³/mol. The Bertz CT molecular complexity index is 987. The van der Waals surface area contributed by atoms with Gasteiger partial charge in [0, 0.05) is 32.7 Å². The van der Waals surface area contributed by atoms with E-state index in [0.717, 1.165) is 23.2 Å². The van der Waals surface area contributed by atoms with Gasteiger partial charge >= 0.3 is 6.03 Å². The fourth-order valence-corrected chi connectivity index (χ4v) is 4.92. The number of carbonyl (C=O) groups is 1. The maximum Gasteiger partial charge on any atom is 0.315 e. The Hall–Kier alpha value is -2.46. The molecule has 1 saturated heterocycles. The molecule has 0 bridgehead atoms. The van der Waals surface area contributed by atoms with Gasteiger partial charge in [0.1, 0.15) is 0 Å². The van der Waals surface area contributed by atoms with E-state index >= 15 is 0 Å². The van der Waals surface area contributed by atoms with Crippen molar-refractivity contribution in [2.75, 3.05) is 52.7 Å². The van der Waals surface area contributed by atoms with E-state index in [1.807, 2.05) is 38.4 Å². The molecule has 1 fully saturated rings. The number of hydrogen-bond donors (Lipinski definition) is 2. The lowest BCUT2D eigenvalue weighted by Crippen LogP contribution is -2.44. The summed E-state index contributed by atoms with van der Waals surface area (Å²) in [6.07, 6.45) is 0. The van der Waals surface area contributed by atoms with Gasteiger partial charge in [0.2, 0.25) is 10.0 Å². The average molecular weight is 461 g/mol. The number of rotatable bonds is 9. The first-order valence-corrected chi connectivity index (χ1v) is 12.4. The molecule has 0 saturated carbocycles. The molecule has 1 heterocycles. The Morgan fingerprint density at radius 1 is 1.03 bits per heavy atom. The van der Waals surface area contributed by atoms with Crippen LogP contribution in [-0.4, -0.2) is 76.4 Å². The Balaban J connectivity index is 1.52. The van der Waals surface area contributed by atoms with Gasteiger partial charge in [0.05, 0.1) is 19.0 Å². The summed E-state index contributed by atoms with van der Waals surface area (Å²) in [5.41, 5.74) is 4.37. The van der Waals surface area contributed by atoms with Crippen LogP contribution in [0.3, 0.4) is 0 Å². The summed E-state index contributed by atoms with van der Waals surface area (Å²) >= 11 is 0. The number of carbonyl (C=O) groups excluding carboxylic acids is 1. The summed E-state index contributed by atoms with van der Waals surface area (Å²) in [6.45, 7) is 2.82. The smallest absolute Gasteiger partial charge is 0.315 e. The van der Waals surface area contributed by atoms with Crippen molar-refractivity contribution in [3.8, 4) is 11.1 Å². The van der Waals surface area contributed by atoms with Crippen molar-refractivity contribution in [3.05, 3.63) is 59.7 Å². The van der Waals surface area contributed by atoms with Gasteiger partial charge in [-0.3, -0.25) is 0 Å². The van der Waals surface area contributed by atoms with Gasteiger partial charge in [-0.2, -0.15) is 4.31 Å². The normalized spacial score (nSPS) is 15.0. The highest BCUT2D eigenvalue weighted by Gasteiger charge is 2.23. The zero-order chi connectivity index (χ0) is 23.0. The molecule has 9 heteroatoms. The molecule has 8 nitrogen and oxygen atoms in total. The van der Waals surface area contributed by atoms with Crippen molar-refractivity contribution in [1.29, 1.82) is 0 Å². The molecule has 2 amide bonds. The number of benzene rings is 2. The van der Waals surface area contributed by atoms with Crippen LogP contribution >= 0.6 is 0 Å². The zero-order valence-electron chi connectivity index (χ0n) is 18.7. The van der Waals surface area contributed by atoms with Gasteiger partial charge in [-0.15, -0.1) is 0 Å². The highest BCUT2D eigenvalue weighted by Crippen LogP contribution is 2.24. The van der Waals surface area contributed by atoms with Crippen LogP contribution in [0.25, 0.3) is 11.1 Å². The van der Waals surface area contributed by atoms with E-state index in [0.29, 0.717) is 32.8 Å². The summed E-state index contributed by atoms with van der Waals surface area (Å²) < 4.78 is 31.3. The number of nitrogens with zero attached hydrogens (tertiary/aromatic N) is 2. The molecule has 2 aromatic rings. The highest BCUT2D eigenvalue weighted by molar-refractivity contribution is 7.89. The van der Waals surface area contributed by atoms with Crippen LogP contribution in [0.15, 0.2) is 48.5 Å².